The molecular formula is C24H21N3O4S. The van der Waals surface area contributed by atoms with Gasteiger partial charge in [-0.05, 0) is 54.1 Å². The smallest absolute Gasteiger partial charge is 0.271 e. The van der Waals surface area contributed by atoms with Gasteiger partial charge in [0.1, 0.15) is 22.2 Å². The number of methoxy groups -OCH3 is 1. The summed E-state index contributed by atoms with van der Waals surface area (Å²) >= 11 is 1.40. The lowest BCUT2D eigenvalue weighted by Crippen LogP contribution is -2.24. The Morgan fingerprint density at radius 3 is 2.56 bits per heavy atom. The Balaban J connectivity index is 1.34. The van der Waals surface area contributed by atoms with Crippen molar-refractivity contribution in [3.05, 3.63) is 94.9 Å². The summed E-state index contributed by atoms with van der Waals surface area (Å²) in [6.07, 6.45) is 1.56. The normalized spacial score (nSPS) is 10.5. The van der Waals surface area contributed by atoms with E-state index in [1.807, 2.05) is 30.3 Å². The first-order valence-corrected chi connectivity index (χ1v) is 10.8. The van der Waals surface area contributed by atoms with Gasteiger partial charge in [-0.3, -0.25) is 9.59 Å². The van der Waals surface area contributed by atoms with Crippen LogP contribution in [0.25, 0.3) is 10.6 Å². The summed E-state index contributed by atoms with van der Waals surface area (Å²) in [5, 5.41) is 8.15. The number of aromatic nitrogens is 1. The molecule has 2 aromatic carbocycles. The molecule has 0 fully saturated rings. The zero-order valence-electron chi connectivity index (χ0n) is 17.3. The van der Waals surface area contributed by atoms with Crippen LogP contribution in [0.15, 0.2) is 76.7 Å². The Bertz CT molecular complexity index is 1200. The molecule has 0 aliphatic rings. The Labute approximate surface area is 189 Å². The van der Waals surface area contributed by atoms with Crippen molar-refractivity contribution >= 4 is 23.2 Å². The van der Waals surface area contributed by atoms with Crippen molar-refractivity contribution in [3.8, 4) is 16.3 Å². The lowest BCUT2D eigenvalue weighted by Gasteiger charge is -2.07. The van der Waals surface area contributed by atoms with Gasteiger partial charge in [0.2, 0.25) is 0 Å². The Kier molecular flexibility index (Phi) is 6.62. The van der Waals surface area contributed by atoms with Gasteiger partial charge in [0, 0.05) is 23.1 Å². The average Bonchev–Trinajstić information content (AvgIpc) is 3.54. The lowest BCUT2D eigenvalue weighted by molar-refractivity contribution is 0.0941. The second-order valence-corrected chi connectivity index (χ2v) is 7.77. The van der Waals surface area contributed by atoms with Crippen molar-refractivity contribution in [2.75, 3.05) is 7.11 Å². The number of nitrogens with zero attached hydrogens (tertiary/aromatic N) is 1. The second kappa shape index (κ2) is 9.93. The Hall–Kier alpha value is -3.91. The Morgan fingerprint density at radius 2 is 1.81 bits per heavy atom. The van der Waals surface area contributed by atoms with Crippen LogP contribution in [0.4, 0.5) is 0 Å². The maximum absolute atomic E-state index is 12.5. The first kappa shape index (κ1) is 21.3. The van der Waals surface area contributed by atoms with Crippen molar-refractivity contribution < 1.29 is 18.7 Å². The molecule has 4 aromatic rings. The van der Waals surface area contributed by atoms with Gasteiger partial charge in [0.25, 0.3) is 11.8 Å². The first-order chi connectivity index (χ1) is 15.6. The number of carbonyl (C=O) groups is 2. The van der Waals surface area contributed by atoms with E-state index in [1.54, 1.807) is 49.1 Å². The van der Waals surface area contributed by atoms with Crippen molar-refractivity contribution in [2.24, 2.45) is 0 Å². The lowest BCUT2D eigenvalue weighted by atomic mass is 10.1. The number of hydrogen-bond acceptors (Lipinski definition) is 6. The highest BCUT2D eigenvalue weighted by atomic mass is 32.1. The van der Waals surface area contributed by atoms with Crippen LogP contribution in [0, 0.1) is 0 Å². The molecule has 162 valence electrons. The van der Waals surface area contributed by atoms with Crippen LogP contribution in [0.5, 0.6) is 5.75 Å². The quantitative estimate of drug-likeness (QED) is 0.421. The molecule has 7 nitrogen and oxygen atoms in total. The summed E-state index contributed by atoms with van der Waals surface area (Å²) in [6, 6.07) is 18.2. The number of ether oxygens (including phenoxy) is 1. The molecule has 4 rings (SSSR count). The van der Waals surface area contributed by atoms with E-state index in [-0.39, 0.29) is 18.4 Å². The van der Waals surface area contributed by atoms with E-state index >= 15 is 0 Å². The van der Waals surface area contributed by atoms with Crippen molar-refractivity contribution in [2.45, 2.75) is 13.1 Å². The summed E-state index contributed by atoms with van der Waals surface area (Å²) in [7, 11) is 1.61. The minimum atomic E-state index is -0.270. The van der Waals surface area contributed by atoms with Crippen LogP contribution < -0.4 is 15.4 Å². The van der Waals surface area contributed by atoms with E-state index in [0.717, 1.165) is 21.9 Å². The number of hydrogen-bond donors (Lipinski definition) is 2. The molecule has 2 amide bonds. The highest BCUT2D eigenvalue weighted by molar-refractivity contribution is 7.13. The maximum atomic E-state index is 12.5. The first-order valence-electron chi connectivity index (χ1n) is 9.90. The minimum absolute atomic E-state index is 0.210. The third-order valence-corrected chi connectivity index (χ3v) is 5.61. The third kappa shape index (κ3) is 5.22. The summed E-state index contributed by atoms with van der Waals surface area (Å²) < 4.78 is 10.4. The molecule has 32 heavy (non-hydrogen) atoms. The predicted octanol–water partition coefficient (Wildman–Crippen LogP) is 4.27. The number of nitrogens with one attached hydrogen (secondary N) is 2. The number of benzene rings is 2. The molecule has 2 N–H and O–H groups in total. The zero-order valence-corrected chi connectivity index (χ0v) is 18.1. The molecule has 2 heterocycles. The molecule has 2 aromatic heterocycles. The molecule has 0 radical (unpaired) electrons. The van der Waals surface area contributed by atoms with E-state index in [0.29, 0.717) is 23.6 Å². The molecule has 0 saturated carbocycles. The molecule has 0 saturated heterocycles. The van der Waals surface area contributed by atoms with E-state index in [2.05, 4.69) is 15.6 Å². The van der Waals surface area contributed by atoms with Crippen LogP contribution >= 0.6 is 11.3 Å². The number of thiazole rings is 1. The second-order valence-electron chi connectivity index (χ2n) is 6.91. The molecule has 0 spiro atoms. The highest BCUT2D eigenvalue weighted by Gasteiger charge is 2.13. The van der Waals surface area contributed by atoms with E-state index in [4.69, 9.17) is 9.15 Å². The van der Waals surface area contributed by atoms with E-state index in [1.165, 1.54) is 11.3 Å². The topological polar surface area (TPSA) is 93.5 Å². The Morgan fingerprint density at radius 1 is 1.00 bits per heavy atom. The van der Waals surface area contributed by atoms with Crippen molar-refractivity contribution in [1.82, 2.24) is 15.6 Å². The predicted molar refractivity (Wildman–Crippen MR) is 122 cm³/mol. The molecule has 0 unspecified atom stereocenters. The fourth-order valence-corrected chi connectivity index (χ4v) is 3.83. The van der Waals surface area contributed by atoms with Crippen LogP contribution in [-0.2, 0) is 13.1 Å². The van der Waals surface area contributed by atoms with Gasteiger partial charge in [-0.15, -0.1) is 11.3 Å². The molecule has 0 aliphatic carbocycles. The summed E-state index contributed by atoms with van der Waals surface area (Å²) in [6.45, 7) is 0.598. The number of amides is 2. The van der Waals surface area contributed by atoms with Gasteiger partial charge in [-0.2, -0.15) is 0 Å². The molecule has 0 bridgehead atoms. The summed E-state index contributed by atoms with van der Waals surface area (Å²) in [5.41, 5.74) is 2.60. The molecule has 0 atom stereocenters. The monoisotopic (exact) mass is 447 g/mol. The summed E-state index contributed by atoms with van der Waals surface area (Å²) in [5.74, 6) is 0.964. The van der Waals surface area contributed by atoms with Crippen molar-refractivity contribution in [1.29, 1.82) is 0 Å². The largest absolute Gasteiger partial charge is 0.497 e. The number of rotatable bonds is 8. The standard InChI is InChI=1S/C24H21N3O4S/c1-30-19-9-7-17(8-10-19)24-27-21(15-32-24)23(29)25-13-16-4-2-5-18(12-16)22(28)26-14-20-6-3-11-31-20/h2-12,15H,13-14H2,1H3,(H,25,29)(H,26,28). The molecular weight excluding hydrogens is 426 g/mol. The van der Waals surface area contributed by atoms with Crippen LogP contribution in [0.2, 0.25) is 0 Å². The van der Waals surface area contributed by atoms with Crippen LogP contribution in [0.1, 0.15) is 32.2 Å². The van der Waals surface area contributed by atoms with Gasteiger partial charge < -0.3 is 19.8 Å². The molecule has 8 heteroatoms. The zero-order chi connectivity index (χ0) is 22.3. The number of furan rings is 1. The maximum Gasteiger partial charge on any atom is 0.271 e. The van der Waals surface area contributed by atoms with E-state index < -0.39 is 0 Å². The number of carbonyl (C=O) groups excluding carboxylic acids is 2. The van der Waals surface area contributed by atoms with Gasteiger partial charge in [-0.25, -0.2) is 4.98 Å². The SMILES string of the molecule is COc1ccc(-c2nc(C(=O)NCc3cccc(C(=O)NCc4ccco4)c3)cs2)cc1. The fraction of sp³-hybridized carbons (Fsp3) is 0.125. The third-order valence-electron chi connectivity index (χ3n) is 4.72. The minimum Gasteiger partial charge on any atom is -0.497 e. The van der Waals surface area contributed by atoms with Crippen LogP contribution in [0.3, 0.4) is 0 Å². The van der Waals surface area contributed by atoms with Gasteiger partial charge >= 0.3 is 0 Å². The van der Waals surface area contributed by atoms with Crippen LogP contribution in [-0.4, -0.2) is 23.9 Å². The molecule has 0 aliphatic heterocycles. The van der Waals surface area contributed by atoms with Gasteiger partial charge in [-0.1, -0.05) is 12.1 Å². The highest BCUT2D eigenvalue weighted by Crippen LogP contribution is 2.25. The van der Waals surface area contributed by atoms with Gasteiger partial charge in [0.05, 0.1) is 19.9 Å². The van der Waals surface area contributed by atoms with E-state index in [9.17, 15) is 9.59 Å². The van der Waals surface area contributed by atoms with Gasteiger partial charge in [0.15, 0.2) is 0 Å². The summed E-state index contributed by atoms with van der Waals surface area (Å²) in [4.78, 5) is 29.3. The average molecular weight is 448 g/mol. The fourth-order valence-electron chi connectivity index (χ4n) is 3.02. The van der Waals surface area contributed by atoms with Crippen molar-refractivity contribution in [3.63, 3.8) is 0 Å².